The van der Waals surface area contributed by atoms with Gasteiger partial charge in [0.1, 0.15) is 0 Å². The first-order valence-electron chi connectivity index (χ1n) is 3.50. The Labute approximate surface area is 60.0 Å². The molecule has 0 aromatic rings. The van der Waals surface area contributed by atoms with Gasteiger partial charge in [-0.15, -0.1) is 0 Å². The van der Waals surface area contributed by atoms with Crippen LogP contribution < -0.4 is 0 Å². The van der Waals surface area contributed by atoms with Crippen LogP contribution in [-0.2, 0) is 4.79 Å². The fourth-order valence-electron chi connectivity index (χ4n) is 1.08. The van der Waals surface area contributed by atoms with E-state index in [0.29, 0.717) is 13.1 Å². The van der Waals surface area contributed by atoms with Crippen LogP contribution in [-0.4, -0.2) is 30.6 Å². The number of amides is 1. The van der Waals surface area contributed by atoms with Crippen molar-refractivity contribution in [2.45, 2.75) is 12.8 Å². The Bertz CT molecular complexity index is 121. The molecule has 0 N–H and O–H groups in total. The number of piperidine rings is 1. The highest BCUT2D eigenvalue weighted by atomic mass is 19.1. The van der Waals surface area contributed by atoms with Crippen LogP contribution in [0.3, 0.4) is 0 Å². The van der Waals surface area contributed by atoms with Gasteiger partial charge in [0.15, 0.2) is 6.67 Å². The number of carbonyl (C=O) groups is 1. The number of likely N-dealkylation sites (tertiary alicyclic amines) is 1. The molecule has 2 nitrogen and oxygen atoms in total. The smallest absolute Gasteiger partial charge is 0.253 e. The van der Waals surface area contributed by atoms with Gasteiger partial charge in [0.25, 0.3) is 5.91 Å². The molecule has 1 radical (unpaired) electrons. The second kappa shape index (κ2) is 3.54. The maximum atomic E-state index is 11.8. The first-order chi connectivity index (χ1) is 4.84. The second-order valence-corrected chi connectivity index (χ2v) is 2.38. The van der Waals surface area contributed by atoms with Crippen LogP contribution in [0.2, 0.25) is 0 Å². The van der Waals surface area contributed by atoms with Crippen molar-refractivity contribution < 1.29 is 9.18 Å². The molecular formula is C7H11FNO. The summed E-state index contributed by atoms with van der Waals surface area (Å²) in [5.41, 5.74) is 0. The van der Waals surface area contributed by atoms with Crippen LogP contribution in [0.1, 0.15) is 12.8 Å². The number of nitrogens with zero attached hydrogens (tertiary/aromatic N) is 1. The van der Waals surface area contributed by atoms with Gasteiger partial charge >= 0.3 is 0 Å². The zero-order valence-corrected chi connectivity index (χ0v) is 5.85. The lowest BCUT2D eigenvalue weighted by Gasteiger charge is -2.25. The van der Waals surface area contributed by atoms with Crippen molar-refractivity contribution >= 4 is 5.91 Å². The Kier molecular flexibility index (Phi) is 2.66. The van der Waals surface area contributed by atoms with Crippen molar-refractivity contribution in [3.05, 3.63) is 6.42 Å². The normalized spacial score (nSPS) is 19.1. The second-order valence-electron chi connectivity index (χ2n) is 2.38. The summed E-state index contributed by atoms with van der Waals surface area (Å²) in [7, 11) is 0. The molecule has 0 bridgehead atoms. The molecular weight excluding hydrogens is 133 g/mol. The molecule has 0 aliphatic carbocycles. The largest absolute Gasteiger partial charge is 0.340 e. The number of rotatable bonds is 1. The summed E-state index contributed by atoms with van der Waals surface area (Å²) in [6, 6.07) is 0. The molecule has 1 rings (SSSR count). The highest BCUT2D eigenvalue weighted by Gasteiger charge is 2.15. The summed E-state index contributed by atoms with van der Waals surface area (Å²) in [4.78, 5) is 12.3. The predicted octanol–water partition coefficient (Wildman–Crippen LogP) is 0.783. The van der Waals surface area contributed by atoms with E-state index >= 15 is 0 Å². The molecule has 0 unspecified atom stereocenters. The minimum absolute atomic E-state index is 0.367. The van der Waals surface area contributed by atoms with E-state index in [-0.39, 0.29) is 5.91 Å². The third-order valence-electron chi connectivity index (χ3n) is 1.67. The number of hydrogen-bond donors (Lipinski definition) is 0. The van der Waals surface area contributed by atoms with E-state index in [2.05, 4.69) is 6.42 Å². The first-order valence-corrected chi connectivity index (χ1v) is 3.50. The van der Waals surface area contributed by atoms with Crippen molar-refractivity contribution in [1.29, 1.82) is 0 Å². The Morgan fingerprint density at radius 2 is 2.10 bits per heavy atom. The molecule has 1 aliphatic rings. The maximum Gasteiger partial charge on any atom is 0.253 e. The van der Waals surface area contributed by atoms with Gasteiger partial charge in [-0.3, -0.25) is 4.79 Å². The molecule has 0 atom stereocenters. The number of carbonyl (C=O) groups excluding carboxylic acids is 1. The molecule has 0 aromatic carbocycles. The topological polar surface area (TPSA) is 20.3 Å². The Morgan fingerprint density at radius 3 is 2.60 bits per heavy atom. The van der Waals surface area contributed by atoms with Gasteiger partial charge < -0.3 is 4.90 Å². The van der Waals surface area contributed by atoms with E-state index < -0.39 is 6.67 Å². The van der Waals surface area contributed by atoms with Gasteiger partial charge in [-0.2, -0.15) is 0 Å². The highest BCUT2D eigenvalue weighted by Crippen LogP contribution is 2.07. The summed E-state index contributed by atoms with van der Waals surface area (Å²) in [5, 5.41) is 0. The van der Waals surface area contributed by atoms with Crippen molar-refractivity contribution in [3.8, 4) is 0 Å². The third-order valence-corrected chi connectivity index (χ3v) is 1.67. The molecule has 1 saturated heterocycles. The molecule has 1 amide bonds. The molecule has 57 valence electrons. The van der Waals surface area contributed by atoms with Crippen molar-refractivity contribution in [2.75, 3.05) is 19.8 Å². The van der Waals surface area contributed by atoms with Crippen LogP contribution in [0.15, 0.2) is 0 Å². The molecule has 3 heteroatoms. The fourth-order valence-corrected chi connectivity index (χ4v) is 1.08. The van der Waals surface area contributed by atoms with Gasteiger partial charge in [0, 0.05) is 13.1 Å². The Balaban J connectivity index is 2.31. The van der Waals surface area contributed by atoms with Gasteiger partial charge in [0.2, 0.25) is 0 Å². The average molecular weight is 144 g/mol. The first kappa shape index (κ1) is 7.51. The van der Waals surface area contributed by atoms with E-state index in [9.17, 15) is 9.18 Å². The molecule has 1 heterocycles. The highest BCUT2D eigenvalue weighted by molar-refractivity contribution is 5.77. The third kappa shape index (κ3) is 1.69. The lowest BCUT2D eigenvalue weighted by molar-refractivity contribution is -0.132. The van der Waals surface area contributed by atoms with Crippen molar-refractivity contribution in [2.24, 2.45) is 0 Å². The lowest BCUT2D eigenvalue weighted by Crippen LogP contribution is -2.36. The monoisotopic (exact) mass is 144 g/mol. The standard InChI is InChI=1S/C7H11FNO/c8-6-7(10)9-4-2-1-3-5-9/h1H,2-6H2. The minimum atomic E-state index is -0.847. The molecule has 0 spiro atoms. The van der Waals surface area contributed by atoms with Crippen LogP contribution in [0, 0.1) is 6.42 Å². The zero-order chi connectivity index (χ0) is 7.40. The molecule has 10 heavy (non-hydrogen) atoms. The lowest BCUT2D eigenvalue weighted by atomic mass is 10.1. The van der Waals surface area contributed by atoms with E-state index in [0.717, 1.165) is 12.8 Å². The minimum Gasteiger partial charge on any atom is -0.340 e. The van der Waals surface area contributed by atoms with Crippen molar-refractivity contribution in [1.82, 2.24) is 4.90 Å². The van der Waals surface area contributed by atoms with Gasteiger partial charge in [-0.25, -0.2) is 4.39 Å². The number of hydrogen-bond acceptors (Lipinski definition) is 1. The SMILES string of the molecule is O=C(CF)N1CC[CH]CC1. The average Bonchev–Trinajstić information content (AvgIpc) is 2.05. The van der Waals surface area contributed by atoms with Crippen LogP contribution in [0.4, 0.5) is 4.39 Å². The molecule has 1 fully saturated rings. The van der Waals surface area contributed by atoms with E-state index in [1.54, 1.807) is 4.90 Å². The Morgan fingerprint density at radius 1 is 1.50 bits per heavy atom. The quantitative estimate of drug-likeness (QED) is 0.532. The maximum absolute atomic E-state index is 11.8. The summed E-state index contributed by atoms with van der Waals surface area (Å²) >= 11 is 0. The zero-order valence-electron chi connectivity index (χ0n) is 5.85. The van der Waals surface area contributed by atoms with Crippen LogP contribution in [0.25, 0.3) is 0 Å². The fraction of sp³-hybridized carbons (Fsp3) is 0.714. The van der Waals surface area contributed by atoms with E-state index in [4.69, 9.17) is 0 Å². The molecule has 0 saturated carbocycles. The summed E-state index contributed by atoms with van der Waals surface area (Å²) in [5.74, 6) is -0.367. The molecule has 1 aliphatic heterocycles. The van der Waals surface area contributed by atoms with Gasteiger partial charge in [0.05, 0.1) is 0 Å². The predicted molar refractivity (Wildman–Crippen MR) is 36.1 cm³/mol. The number of halogens is 1. The summed E-state index contributed by atoms with van der Waals surface area (Å²) in [6.07, 6.45) is 3.94. The molecule has 0 aromatic heterocycles. The van der Waals surface area contributed by atoms with Crippen molar-refractivity contribution in [3.63, 3.8) is 0 Å². The van der Waals surface area contributed by atoms with Crippen LogP contribution in [0.5, 0.6) is 0 Å². The van der Waals surface area contributed by atoms with E-state index in [1.165, 1.54) is 0 Å². The summed E-state index contributed by atoms with van der Waals surface area (Å²) < 4.78 is 11.8. The number of alkyl halides is 1. The van der Waals surface area contributed by atoms with Gasteiger partial charge in [-0.1, -0.05) is 0 Å². The van der Waals surface area contributed by atoms with E-state index in [1.807, 2.05) is 0 Å². The Hall–Kier alpha value is -0.600. The van der Waals surface area contributed by atoms with Crippen LogP contribution >= 0.6 is 0 Å². The van der Waals surface area contributed by atoms with Gasteiger partial charge in [-0.05, 0) is 19.3 Å². The summed E-state index contributed by atoms with van der Waals surface area (Å²) in [6.45, 7) is 0.547.